The van der Waals surface area contributed by atoms with Crippen LogP contribution in [0.1, 0.15) is 16.1 Å². The molecule has 3 rings (SSSR count). The molecule has 2 heterocycles. The van der Waals surface area contributed by atoms with Gasteiger partial charge in [-0.25, -0.2) is 13.1 Å². The summed E-state index contributed by atoms with van der Waals surface area (Å²) in [6.45, 7) is 0.973. The minimum Gasteiger partial charge on any atom is -0.493 e. The fraction of sp³-hybridized carbons (Fsp3) is 0.444. The maximum Gasteiger partial charge on any atom is 0.416 e. The van der Waals surface area contributed by atoms with Gasteiger partial charge in [-0.15, -0.1) is 0 Å². The Labute approximate surface area is 176 Å². The molecular weight excluding hydrogens is 441 g/mol. The number of ether oxygens (including phenoxy) is 2. The molecule has 9 nitrogen and oxygen atoms in total. The van der Waals surface area contributed by atoms with Gasteiger partial charge in [-0.2, -0.15) is 22.6 Å². The Balaban J connectivity index is 1.70. The number of rotatable bonds is 7. The number of halogens is 3. The lowest BCUT2D eigenvalue weighted by Crippen LogP contribution is -2.43. The number of sulfonamides is 1. The van der Waals surface area contributed by atoms with Gasteiger partial charge in [-0.05, 0) is 18.2 Å². The molecule has 1 aromatic heterocycles. The summed E-state index contributed by atoms with van der Waals surface area (Å²) < 4.78 is 76.1. The van der Waals surface area contributed by atoms with Crippen LogP contribution in [0.5, 0.6) is 5.75 Å². The zero-order valence-corrected chi connectivity index (χ0v) is 17.4. The molecule has 1 aliphatic rings. The summed E-state index contributed by atoms with van der Waals surface area (Å²) >= 11 is 0. The second kappa shape index (κ2) is 9.24. The van der Waals surface area contributed by atoms with Gasteiger partial charge in [0.25, 0.3) is 5.91 Å². The largest absolute Gasteiger partial charge is 0.493 e. The number of benzene rings is 1. The van der Waals surface area contributed by atoms with Crippen LogP contribution >= 0.6 is 0 Å². The van der Waals surface area contributed by atoms with Crippen molar-refractivity contribution < 1.29 is 35.9 Å². The second-order valence-corrected chi connectivity index (χ2v) is 8.71. The lowest BCUT2D eigenvalue weighted by Gasteiger charge is -2.25. The van der Waals surface area contributed by atoms with Crippen LogP contribution < -0.4 is 10.1 Å². The SMILES string of the molecule is COc1cn(-c2cccc(C(F)(F)F)c2)nc1C(=O)NCCS(=O)(=O)N1CCOCC1. The van der Waals surface area contributed by atoms with Gasteiger partial charge in [-0.3, -0.25) is 4.79 Å². The summed E-state index contributed by atoms with van der Waals surface area (Å²) in [6.07, 6.45) is -3.26. The first kappa shape index (κ1) is 23.0. The Morgan fingerprint density at radius 1 is 1.29 bits per heavy atom. The van der Waals surface area contributed by atoms with Crippen molar-refractivity contribution in [2.45, 2.75) is 6.18 Å². The number of nitrogens with one attached hydrogen (secondary N) is 1. The number of amides is 1. The van der Waals surface area contributed by atoms with Crippen LogP contribution in [0.2, 0.25) is 0 Å². The van der Waals surface area contributed by atoms with E-state index < -0.39 is 27.7 Å². The molecule has 0 saturated carbocycles. The van der Waals surface area contributed by atoms with Crippen LogP contribution in [0.25, 0.3) is 5.69 Å². The Bertz CT molecular complexity index is 1030. The predicted octanol–water partition coefficient (Wildman–Crippen LogP) is 1.29. The molecule has 1 aromatic carbocycles. The van der Waals surface area contributed by atoms with Crippen molar-refractivity contribution in [3.05, 3.63) is 41.7 Å². The molecule has 0 bridgehead atoms. The molecule has 1 saturated heterocycles. The average Bonchev–Trinajstić information content (AvgIpc) is 3.18. The zero-order valence-electron chi connectivity index (χ0n) is 16.6. The van der Waals surface area contributed by atoms with Gasteiger partial charge in [0.05, 0.1) is 43.5 Å². The quantitative estimate of drug-likeness (QED) is 0.665. The Hall–Kier alpha value is -2.64. The van der Waals surface area contributed by atoms with Crippen LogP contribution in [0.4, 0.5) is 13.2 Å². The lowest BCUT2D eigenvalue weighted by atomic mass is 10.2. The molecule has 0 radical (unpaired) electrons. The molecule has 13 heteroatoms. The molecule has 2 aromatic rings. The fourth-order valence-electron chi connectivity index (χ4n) is 2.95. The monoisotopic (exact) mass is 462 g/mol. The molecule has 0 aliphatic carbocycles. The van der Waals surface area contributed by atoms with Gasteiger partial charge < -0.3 is 14.8 Å². The third-order valence-corrected chi connectivity index (χ3v) is 6.43. The van der Waals surface area contributed by atoms with E-state index in [1.54, 1.807) is 0 Å². The van der Waals surface area contributed by atoms with Gasteiger partial charge in [0, 0.05) is 19.6 Å². The molecule has 31 heavy (non-hydrogen) atoms. The van der Waals surface area contributed by atoms with Gasteiger partial charge >= 0.3 is 6.18 Å². The first-order chi connectivity index (χ1) is 14.6. The molecule has 1 aliphatic heterocycles. The molecule has 0 spiro atoms. The van der Waals surface area contributed by atoms with Crippen molar-refractivity contribution >= 4 is 15.9 Å². The predicted molar refractivity (Wildman–Crippen MR) is 104 cm³/mol. The minimum absolute atomic E-state index is 0.0333. The molecular formula is C18H21F3N4O5S. The molecule has 0 atom stereocenters. The number of methoxy groups -OCH3 is 1. The normalized spacial score (nSPS) is 15.6. The number of carbonyl (C=O) groups is 1. The number of hydrogen-bond acceptors (Lipinski definition) is 6. The highest BCUT2D eigenvalue weighted by molar-refractivity contribution is 7.89. The van der Waals surface area contributed by atoms with Crippen LogP contribution in [0.15, 0.2) is 30.5 Å². The van der Waals surface area contributed by atoms with E-state index in [1.807, 2.05) is 0 Å². The number of morpholine rings is 1. The smallest absolute Gasteiger partial charge is 0.416 e. The summed E-state index contributed by atoms with van der Waals surface area (Å²) in [5.41, 5.74) is -0.954. The number of carbonyl (C=O) groups excluding carboxylic acids is 1. The highest BCUT2D eigenvalue weighted by Gasteiger charge is 2.31. The highest BCUT2D eigenvalue weighted by Crippen LogP contribution is 2.30. The summed E-state index contributed by atoms with van der Waals surface area (Å²) in [5, 5.41) is 6.47. The minimum atomic E-state index is -4.53. The standard InChI is InChI=1S/C18H21F3N4O5S/c1-29-15-12-25(14-4-2-3-13(11-14)18(19,20)21)23-16(15)17(26)22-5-10-31(27,28)24-6-8-30-9-7-24/h2-4,11-12H,5-10H2,1H3,(H,22,26). The van der Waals surface area contributed by atoms with Crippen molar-refractivity contribution in [2.24, 2.45) is 0 Å². The lowest BCUT2D eigenvalue weighted by molar-refractivity contribution is -0.137. The van der Waals surface area contributed by atoms with E-state index in [9.17, 15) is 26.4 Å². The number of hydrogen-bond donors (Lipinski definition) is 1. The third-order valence-electron chi connectivity index (χ3n) is 4.56. The van der Waals surface area contributed by atoms with E-state index in [0.717, 1.165) is 16.8 Å². The topological polar surface area (TPSA) is 103 Å². The van der Waals surface area contributed by atoms with Crippen molar-refractivity contribution in [1.29, 1.82) is 0 Å². The number of nitrogens with zero attached hydrogens (tertiary/aromatic N) is 3. The highest BCUT2D eigenvalue weighted by atomic mass is 32.2. The van der Waals surface area contributed by atoms with Crippen molar-refractivity contribution in [3.63, 3.8) is 0 Å². The molecule has 1 fully saturated rings. The molecule has 0 unspecified atom stereocenters. The van der Waals surface area contributed by atoms with Gasteiger partial charge in [-0.1, -0.05) is 6.07 Å². The zero-order chi connectivity index (χ0) is 22.6. The van der Waals surface area contributed by atoms with Crippen molar-refractivity contribution in [3.8, 4) is 11.4 Å². The molecule has 170 valence electrons. The van der Waals surface area contributed by atoms with E-state index in [0.29, 0.717) is 13.2 Å². The Morgan fingerprint density at radius 2 is 2.00 bits per heavy atom. The number of alkyl halides is 3. The van der Waals surface area contributed by atoms with Crippen LogP contribution in [0, 0.1) is 0 Å². The summed E-state index contributed by atoms with van der Waals surface area (Å²) in [6, 6.07) is 4.44. The van der Waals surface area contributed by atoms with Crippen LogP contribution in [-0.2, 0) is 20.9 Å². The molecule has 1 N–H and O–H groups in total. The number of aromatic nitrogens is 2. The van der Waals surface area contributed by atoms with Crippen molar-refractivity contribution in [2.75, 3.05) is 45.7 Å². The van der Waals surface area contributed by atoms with Crippen LogP contribution in [-0.4, -0.2) is 74.1 Å². The van der Waals surface area contributed by atoms with E-state index >= 15 is 0 Å². The van der Waals surface area contributed by atoms with Crippen LogP contribution in [0.3, 0.4) is 0 Å². The first-order valence-electron chi connectivity index (χ1n) is 9.27. The first-order valence-corrected chi connectivity index (χ1v) is 10.9. The average molecular weight is 462 g/mol. The van der Waals surface area contributed by atoms with Crippen molar-refractivity contribution in [1.82, 2.24) is 19.4 Å². The Kier molecular flexibility index (Phi) is 6.86. The maximum atomic E-state index is 13.0. The van der Waals surface area contributed by atoms with Gasteiger partial charge in [0.1, 0.15) is 0 Å². The second-order valence-electron chi connectivity index (χ2n) is 6.62. The maximum absolute atomic E-state index is 13.0. The van der Waals surface area contributed by atoms with E-state index in [-0.39, 0.29) is 42.5 Å². The third kappa shape index (κ3) is 5.54. The summed E-state index contributed by atoms with van der Waals surface area (Å²) in [5.74, 6) is -0.985. The summed E-state index contributed by atoms with van der Waals surface area (Å²) in [7, 11) is -2.27. The van der Waals surface area contributed by atoms with E-state index in [1.165, 1.54) is 29.7 Å². The Morgan fingerprint density at radius 3 is 2.65 bits per heavy atom. The molecule has 1 amide bonds. The van der Waals surface area contributed by atoms with E-state index in [2.05, 4.69) is 10.4 Å². The summed E-state index contributed by atoms with van der Waals surface area (Å²) in [4.78, 5) is 12.5. The fourth-order valence-corrected chi connectivity index (χ4v) is 4.28. The van der Waals surface area contributed by atoms with E-state index in [4.69, 9.17) is 9.47 Å². The van der Waals surface area contributed by atoms with Gasteiger partial charge in [0.2, 0.25) is 10.0 Å². The van der Waals surface area contributed by atoms with Gasteiger partial charge in [0.15, 0.2) is 11.4 Å².